The summed E-state index contributed by atoms with van der Waals surface area (Å²) < 4.78 is 7.88. The summed E-state index contributed by atoms with van der Waals surface area (Å²) in [4.78, 5) is 5.95. The van der Waals surface area contributed by atoms with Crippen molar-refractivity contribution in [2.24, 2.45) is 0 Å². The van der Waals surface area contributed by atoms with Crippen molar-refractivity contribution in [1.82, 2.24) is 14.8 Å². The van der Waals surface area contributed by atoms with E-state index in [1.807, 2.05) is 16.8 Å². The second kappa shape index (κ2) is 8.31. The van der Waals surface area contributed by atoms with Gasteiger partial charge >= 0.3 is 0 Å². The molecule has 0 saturated carbocycles. The van der Waals surface area contributed by atoms with E-state index in [2.05, 4.69) is 46.5 Å². The van der Waals surface area contributed by atoms with Crippen LogP contribution in [0.5, 0.6) is 5.75 Å². The molecule has 2 heterocycles. The zero-order valence-corrected chi connectivity index (χ0v) is 17.2. The van der Waals surface area contributed by atoms with E-state index >= 15 is 0 Å². The summed E-state index contributed by atoms with van der Waals surface area (Å²) in [5, 5.41) is 3.94. The van der Waals surface area contributed by atoms with Gasteiger partial charge in [0.1, 0.15) is 5.75 Å². The molecule has 144 valence electrons. The lowest BCUT2D eigenvalue weighted by atomic mass is 10.00. The Morgan fingerprint density at radius 1 is 1.25 bits per heavy atom. The van der Waals surface area contributed by atoms with Crippen LogP contribution in [-0.2, 0) is 6.67 Å². The molecule has 0 saturated heterocycles. The molecule has 2 aromatic carbocycles. The molecule has 0 amide bonds. The molecule has 0 fully saturated rings. The third-order valence-electron chi connectivity index (χ3n) is 5.01. The number of aromatic nitrogens is 3. The molecule has 0 aliphatic carbocycles. The van der Waals surface area contributed by atoms with Crippen LogP contribution < -0.4 is 9.64 Å². The van der Waals surface area contributed by atoms with Crippen LogP contribution >= 0.6 is 23.8 Å². The van der Waals surface area contributed by atoms with Crippen LogP contribution in [0.3, 0.4) is 0 Å². The number of aromatic amines is 1. The molecule has 0 radical (unpaired) electrons. The van der Waals surface area contributed by atoms with E-state index in [1.165, 1.54) is 16.0 Å². The van der Waals surface area contributed by atoms with E-state index < -0.39 is 0 Å². The van der Waals surface area contributed by atoms with Gasteiger partial charge in [0.2, 0.25) is 4.77 Å². The van der Waals surface area contributed by atoms with Crippen molar-refractivity contribution in [2.75, 3.05) is 20.2 Å². The summed E-state index contributed by atoms with van der Waals surface area (Å²) in [6, 6.07) is 16.0. The second-order valence-corrected chi connectivity index (χ2v) is 7.64. The SMILES string of the molecule is COc1ccc(Cl)cc1-c1nc(=S)n(C[NH+]2CC=C(c3ccccc3)CC2)[nH]1. The molecule has 1 atom stereocenters. The molecule has 1 unspecified atom stereocenters. The van der Waals surface area contributed by atoms with Crippen molar-refractivity contribution >= 4 is 29.4 Å². The van der Waals surface area contributed by atoms with Crippen molar-refractivity contribution in [1.29, 1.82) is 0 Å². The van der Waals surface area contributed by atoms with Crippen LogP contribution in [0, 0.1) is 4.77 Å². The Morgan fingerprint density at radius 2 is 2.07 bits per heavy atom. The summed E-state index contributed by atoms with van der Waals surface area (Å²) >= 11 is 11.6. The standard InChI is InChI=1S/C21H21ClN4OS/c1-27-19-8-7-17(22)13-18(19)20-23-21(28)26(24-20)14-25-11-9-16(10-12-25)15-5-3-2-4-6-15/h2-9,13H,10-12,14H2,1H3,(H,23,24,28)/p+1. The Bertz CT molecular complexity index is 1060. The van der Waals surface area contributed by atoms with Crippen molar-refractivity contribution in [3.63, 3.8) is 0 Å². The normalized spacial score (nSPS) is 16.6. The lowest BCUT2D eigenvalue weighted by molar-refractivity contribution is -0.918. The number of rotatable bonds is 5. The number of halogens is 1. The van der Waals surface area contributed by atoms with E-state index in [1.54, 1.807) is 13.2 Å². The highest BCUT2D eigenvalue weighted by molar-refractivity contribution is 7.71. The molecular weight excluding hydrogens is 392 g/mol. The average molecular weight is 414 g/mol. The summed E-state index contributed by atoms with van der Waals surface area (Å²) in [6.07, 6.45) is 3.38. The quantitative estimate of drug-likeness (QED) is 0.628. The molecular formula is C21H22ClN4OS+. The minimum absolute atomic E-state index is 0.530. The van der Waals surface area contributed by atoms with Crippen molar-refractivity contribution in [3.05, 3.63) is 70.0 Å². The number of benzene rings is 2. The van der Waals surface area contributed by atoms with Gasteiger partial charge in [0.25, 0.3) is 0 Å². The fourth-order valence-corrected chi connectivity index (χ4v) is 3.89. The Kier molecular flexibility index (Phi) is 5.62. The molecule has 0 spiro atoms. The molecule has 0 bridgehead atoms. The van der Waals surface area contributed by atoms with Gasteiger partial charge in [-0.1, -0.05) is 41.9 Å². The Morgan fingerprint density at radius 3 is 2.79 bits per heavy atom. The van der Waals surface area contributed by atoms with Crippen LogP contribution in [0.1, 0.15) is 12.0 Å². The first-order valence-electron chi connectivity index (χ1n) is 9.23. The smallest absolute Gasteiger partial charge is 0.221 e. The molecule has 28 heavy (non-hydrogen) atoms. The molecule has 4 rings (SSSR count). The van der Waals surface area contributed by atoms with E-state index in [9.17, 15) is 0 Å². The van der Waals surface area contributed by atoms with Crippen LogP contribution in [0.25, 0.3) is 17.0 Å². The highest BCUT2D eigenvalue weighted by atomic mass is 35.5. The average Bonchev–Trinajstić information content (AvgIpc) is 3.09. The van der Waals surface area contributed by atoms with Crippen LogP contribution in [0.2, 0.25) is 5.02 Å². The Labute approximate surface area is 174 Å². The minimum Gasteiger partial charge on any atom is -0.496 e. The molecule has 1 aliphatic rings. The Hall–Kier alpha value is -2.41. The minimum atomic E-state index is 0.530. The van der Waals surface area contributed by atoms with Crippen LogP contribution in [-0.4, -0.2) is 35.0 Å². The van der Waals surface area contributed by atoms with Crippen LogP contribution in [0.4, 0.5) is 0 Å². The first kappa shape index (κ1) is 18.9. The number of quaternary nitrogens is 1. The first-order valence-corrected chi connectivity index (χ1v) is 10.0. The fraction of sp³-hybridized carbons (Fsp3) is 0.238. The van der Waals surface area contributed by atoms with Gasteiger partial charge in [-0.25, -0.2) is 4.68 Å². The summed E-state index contributed by atoms with van der Waals surface area (Å²) in [5.41, 5.74) is 3.54. The van der Waals surface area contributed by atoms with E-state index in [-0.39, 0.29) is 0 Å². The number of hydrogen-bond donors (Lipinski definition) is 2. The summed E-state index contributed by atoms with van der Waals surface area (Å²) in [5.74, 6) is 1.38. The molecule has 1 aromatic heterocycles. The zero-order valence-electron chi connectivity index (χ0n) is 15.6. The van der Waals surface area contributed by atoms with Gasteiger partial charge in [0.15, 0.2) is 12.5 Å². The highest BCUT2D eigenvalue weighted by Crippen LogP contribution is 2.30. The van der Waals surface area contributed by atoms with Gasteiger partial charge in [-0.15, -0.1) is 0 Å². The van der Waals surface area contributed by atoms with Crippen molar-refractivity contribution in [3.8, 4) is 17.1 Å². The largest absolute Gasteiger partial charge is 0.496 e. The lowest BCUT2D eigenvalue weighted by Gasteiger charge is -2.23. The fourth-order valence-electron chi connectivity index (χ4n) is 3.51. The zero-order chi connectivity index (χ0) is 19.5. The molecule has 7 heteroatoms. The van der Waals surface area contributed by atoms with E-state index in [0.29, 0.717) is 21.4 Å². The molecule has 3 aromatic rings. The molecule has 5 nitrogen and oxygen atoms in total. The third-order valence-corrected chi connectivity index (χ3v) is 5.55. The first-order chi connectivity index (χ1) is 13.6. The maximum absolute atomic E-state index is 6.15. The van der Waals surface area contributed by atoms with Gasteiger partial charge in [-0.3, -0.25) is 5.10 Å². The van der Waals surface area contributed by atoms with E-state index in [0.717, 1.165) is 31.7 Å². The van der Waals surface area contributed by atoms with Gasteiger partial charge in [0, 0.05) is 11.4 Å². The van der Waals surface area contributed by atoms with Crippen molar-refractivity contribution in [2.45, 2.75) is 13.1 Å². The van der Waals surface area contributed by atoms with Crippen molar-refractivity contribution < 1.29 is 9.64 Å². The van der Waals surface area contributed by atoms with Gasteiger partial charge in [-0.2, -0.15) is 4.98 Å². The van der Waals surface area contributed by atoms with Gasteiger partial charge < -0.3 is 9.64 Å². The van der Waals surface area contributed by atoms with E-state index in [4.69, 9.17) is 28.6 Å². The van der Waals surface area contributed by atoms with Crippen LogP contribution in [0.15, 0.2) is 54.6 Å². The number of ether oxygens (including phenoxy) is 1. The predicted molar refractivity (Wildman–Crippen MR) is 114 cm³/mol. The monoisotopic (exact) mass is 413 g/mol. The topological polar surface area (TPSA) is 47.3 Å². The number of H-pyrrole nitrogens is 1. The summed E-state index contributed by atoms with van der Waals surface area (Å²) in [7, 11) is 1.63. The summed E-state index contributed by atoms with van der Waals surface area (Å²) in [6.45, 7) is 2.76. The lowest BCUT2D eigenvalue weighted by Crippen LogP contribution is -3.11. The highest BCUT2D eigenvalue weighted by Gasteiger charge is 2.18. The Balaban J connectivity index is 1.51. The predicted octanol–water partition coefficient (Wildman–Crippen LogP) is 3.60. The number of methoxy groups -OCH3 is 1. The maximum atomic E-state index is 6.15. The third kappa shape index (κ3) is 4.04. The number of nitrogens with zero attached hydrogens (tertiary/aromatic N) is 2. The maximum Gasteiger partial charge on any atom is 0.221 e. The second-order valence-electron chi connectivity index (χ2n) is 6.84. The van der Waals surface area contributed by atoms with Gasteiger partial charge in [0.05, 0.1) is 25.8 Å². The molecule has 2 N–H and O–H groups in total. The number of hydrogen-bond acceptors (Lipinski definition) is 3. The molecule has 1 aliphatic heterocycles. The van der Waals surface area contributed by atoms with Gasteiger partial charge in [-0.05, 0) is 47.6 Å². The number of nitrogens with one attached hydrogen (secondary N) is 2.